The summed E-state index contributed by atoms with van der Waals surface area (Å²) in [6.45, 7) is 2.41. The van der Waals surface area contributed by atoms with E-state index in [2.05, 4.69) is 0 Å². The molecular weight excluding hydrogens is 192 g/mol. The molecule has 0 aromatic heterocycles. The Labute approximate surface area is 89.2 Å². The normalized spacial score (nSPS) is 11.8. The third kappa shape index (κ3) is 3.15. The number of nitrogen functional groups attached to an aromatic ring is 1. The number of nitrogens with two attached hydrogens (primary N) is 1. The van der Waals surface area contributed by atoms with Gasteiger partial charge in [0, 0.05) is 13.2 Å². The molecule has 1 aromatic carbocycles. The average Bonchev–Trinajstić information content (AvgIpc) is 2.18. The van der Waals surface area contributed by atoms with Crippen LogP contribution in [-0.2, 0) is 4.74 Å². The van der Waals surface area contributed by atoms with Gasteiger partial charge in [0.15, 0.2) is 0 Å². The van der Waals surface area contributed by atoms with Gasteiger partial charge in [-0.15, -0.1) is 0 Å². The molecule has 0 aliphatic rings. The maximum absolute atomic E-state index is 8.68. The Balaban J connectivity index is 2.72. The van der Waals surface area contributed by atoms with Gasteiger partial charge in [-0.25, -0.2) is 0 Å². The zero-order valence-corrected chi connectivity index (χ0v) is 8.86. The van der Waals surface area contributed by atoms with Crippen molar-refractivity contribution in [3.63, 3.8) is 0 Å². The lowest BCUT2D eigenvalue weighted by atomic mass is 10.2. The Kier molecular flexibility index (Phi) is 3.95. The van der Waals surface area contributed by atoms with Crippen molar-refractivity contribution in [2.24, 2.45) is 0 Å². The van der Waals surface area contributed by atoms with Crippen LogP contribution in [0.15, 0.2) is 18.2 Å². The van der Waals surface area contributed by atoms with Crippen LogP contribution in [0.25, 0.3) is 0 Å². The summed E-state index contributed by atoms with van der Waals surface area (Å²) >= 11 is 0. The lowest BCUT2D eigenvalue weighted by Gasteiger charge is -2.14. The highest BCUT2D eigenvalue weighted by Crippen LogP contribution is 2.20. The van der Waals surface area contributed by atoms with E-state index in [0.29, 0.717) is 23.6 Å². The molecule has 4 nitrogen and oxygen atoms in total. The number of nitriles is 1. The van der Waals surface area contributed by atoms with Crippen LogP contribution in [0, 0.1) is 11.3 Å². The Morgan fingerprint density at radius 3 is 2.80 bits per heavy atom. The van der Waals surface area contributed by atoms with Crippen LogP contribution in [0.2, 0.25) is 0 Å². The summed E-state index contributed by atoms with van der Waals surface area (Å²) in [4.78, 5) is 0. The van der Waals surface area contributed by atoms with Crippen LogP contribution in [-0.4, -0.2) is 19.8 Å². The van der Waals surface area contributed by atoms with Crippen LogP contribution in [0.4, 0.5) is 5.69 Å². The van der Waals surface area contributed by atoms with E-state index in [1.165, 1.54) is 0 Å². The minimum Gasteiger partial charge on any atom is -0.488 e. The quantitative estimate of drug-likeness (QED) is 0.759. The number of methoxy groups -OCH3 is 1. The molecule has 0 saturated heterocycles. The Morgan fingerprint density at radius 2 is 2.27 bits per heavy atom. The molecule has 1 unspecified atom stereocenters. The van der Waals surface area contributed by atoms with Gasteiger partial charge in [0.05, 0.1) is 17.9 Å². The molecule has 0 bridgehead atoms. The molecule has 1 rings (SSSR count). The predicted molar refractivity (Wildman–Crippen MR) is 57.5 cm³/mol. The number of anilines is 1. The summed E-state index contributed by atoms with van der Waals surface area (Å²) in [5, 5.41) is 8.68. The standard InChI is InChI=1S/C11H14N2O2/c1-8(7-14-2)15-10-4-3-9(6-12)11(13)5-10/h3-5,8H,7,13H2,1-2H3. The molecule has 80 valence electrons. The van der Waals surface area contributed by atoms with Crippen molar-refractivity contribution in [2.75, 3.05) is 19.5 Å². The predicted octanol–water partition coefficient (Wildman–Crippen LogP) is 1.55. The van der Waals surface area contributed by atoms with Gasteiger partial charge in [0.1, 0.15) is 17.9 Å². The Morgan fingerprint density at radius 1 is 1.53 bits per heavy atom. The number of ether oxygens (including phenoxy) is 2. The molecule has 0 heterocycles. The van der Waals surface area contributed by atoms with Crippen molar-refractivity contribution in [3.05, 3.63) is 23.8 Å². The molecule has 0 radical (unpaired) electrons. The minimum atomic E-state index is -0.0395. The summed E-state index contributed by atoms with van der Waals surface area (Å²) in [5.74, 6) is 0.649. The van der Waals surface area contributed by atoms with Crippen molar-refractivity contribution in [3.8, 4) is 11.8 Å². The molecule has 2 N–H and O–H groups in total. The van der Waals surface area contributed by atoms with Gasteiger partial charge < -0.3 is 15.2 Å². The van der Waals surface area contributed by atoms with Gasteiger partial charge in [0.25, 0.3) is 0 Å². The van der Waals surface area contributed by atoms with Crippen LogP contribution in [0.3, 0.4) is 0 Å². The van der Waals surface area contributed by atoms with Gasteiger partial charge in [-0.2, -0.15) is 5.26 Å². The second kappa shape index (κ2) is 5.23. The first-order valence-corrected chi connectivity index (χ1v) is 4.62. The summed E-state index contributed by atoms with van der Waals surface area (Å²) < 4.78 is 10.5. The Bertz CT molecular complexity index is 371. The van der Waals surface area contributed by atoms with Gasteiger partial charge in [-0.1, -0.05) is 0 Å². The summed E-state index contributed by atoms with van der Waals surface area (Å²) in [7, 11) is 1.62. The molecule has 1 atom stereocenters. The summed E-state index contributed by atoms with van der Waals surface area (Å²) in [6.07, 6.45) is -0.0395. The second-order valence-electron chi connectivity index (χ2n) is 3.24. The van der Waals surface area contributed by atoms with Crippen molar-refractivity contribution >= 4 is 5.69 Å². The smallest absolute Gasteiger partial charge is 0.121 e. The average molecular weight is 206 g/mol. The highest BCUT2D eigenvalue weighted by atomic mass is 16.5. The van der Waals surface area contributed by atoms with E-state index in [-0.39, 0.29) is 6.10 Å². The maximum atomic E-state index is 8.68. The molecule has 0 aliphatic heterocycles. The highest BCUT2D eigenvalue weighted by Gasteiger charge is 2.05. The lowest BCUT2D eigenvalue weighted by molar-refractivity contribution is 0.0921. The molecule has 0 fully saturated rings. The first kappa shape index (κ1) is 11.3. The van der Waals surface area contributed by atoms with E-state index in [9.17, 15) is 0 Å². The molecule has 4 heteroatoms. The zero-order valence-electron chi connectivity index (χ0n) is 8.86. The van der Waals surface area contributed by atoms with Crippen LogP contribution < -0.4 is 10.5 Å². The zero-order chi connectivity index (χ0) is 11.3. The first-order valence-electron chi connectivity index (χ1n) is 4.62. The SMILES string of the molecule is COCC(C)Oc1ccc(C#N)c(N)c1. The third-order valence-electron chi connectivity index (χ3n) is 1.88. The van der Waals surface area contributed by atoms with E-state index < -0.39 is 0 Å². The van der Waals surface area contributed by atoms with Gasteiger partial charge >= 0.3 is 0 Å². The van der Waals surface area contributed by atoms with Gasteiger partial charge in [-0.3, -0.25) is 0 Å². The second-order valence-corrected chi connectivity index (χ2v) is 3.24. The van der Waals surface area contributed by atoms with Crippen molar-refractivity contribution in [2.45, 2.75) is 13.0 Å². The number of benzene rings is 1. The van der Waals surface area contributed by atoms with Crippen LogP contribution in [0.1, 0.15) is 12.5 Å². The number of hydrogen-bond donors (Lipinski definition) is 1. The van der Waals surface area contributed by atoms with E-state index in [0.717, 1.165) is 0 Å². The van der Waals surface area contributed by atoms with E-state index in [1.807, 2.05) is 13.0 Å². The largest absolute Gasteiger partial charge is 0.488 e. The molecule has 0 aliphatic carbocycles. The molecule has 1 aromatic rings. The van der Waals surface area contributed by atoms with E-state index in [4.69, 9.17) is 20.5 Å². The number of hydrogen-bond acceptors (Lipinski definition) is 4. The maximum Gasteiger partial charge on any atom is 0.121 e. The summed E-state index contributed by atoms with van der Waals surface area (Å²) in [6, 6.07) is 7.01. The highest BCUT2D eigenvalue weighted by molar-refractivity contribution is 5.57. The first-order chi connectivity index (χ1) is 7.17. The fourth-order valence-electron chi connectivity index (χ4n) is 1.22. The fourth-order valence-corrected chi connectivity index (χ4v) is 1.22. The lowest BCUT2D eigenvalue weighted by Crippen LogP contribution is -2.18. The van der Waals surface area contributed by atoms with Gasteiger partial charge in [0.2, 0.25) is 0 Å². The van der Waals surface area contributed by atoms with Crippen molar-refractivity contribution in [1.29, 1.82) is 5.26 Å². The van der Waals surface area contributed by atoms with Crippen LogP contribution in [0.5, 0.6) is 5.75 Å². The molecule has 15 heavy (non-hydrogen) atoms. The number of nitrogens with zero attached hydrogens (tertiary/aromatic N) is 1. The Hall–Kier alpha value is -1.73. The topological polar surface area (TPSA) is 68.3 Å². The van der Waals surface area contributed by atoms with Gasteiger partial charge in [-0.05, 0) is 19.1 Å². The number of rotatable bonds is 4. The van der Waals surface area contributed by atoms with Crippen molar-refractivity contribution < 1.29 is 9.47 Å². The monoisotopic (exact) mass is 206 g/mol. The molecule has 0 spiro atoms. The molecule has 0 saturated carbocycles. The molecular formula is C11H14N2O2. The van der Waals surface area contributed by atoms with E-state index in [1.54, 1.807) is 25.3 Å². The fraction of sp³-hybridized carbons (Fsp3) is 0.364. The summed E-state index contributed by atoms with van der Waals surface area (Å²) in [5.41, 5.74) is 6.54. The molecule has 0 amide bonds. The third-order valence-corrected chi connectivity index (χ3v) is 1.88. The van der Waals surface area contributed by atoms with Crippen molar-refractivity contribution in [1.82, 2.24) is 0 Å². The minimum absolute atomic E-state index is 0.0395. The van der Waals surface area contributed by atoms with E-state index >= 15 is 0 Å². The van der Waals surface area contributed by atoms with Crippen LogP contribution >= 0.6 is 0 Å².